The molecule has 13 heavy (non-hydrogen) atoms. The van der Waals surface area contributed by atoms with Crippen molar-refractivity contribution in [2.75, 3.05) is 6.61 Å². The van der Waals surface area contributed by atoms with Crippen molar-refractivity contribution in [1.29, 1.82) is 0 Å². The molecule has 0 amide bonds. The number of hydrogen-bond acceptors (Lipinski definition) is 2. The lowest BCUT2D eigenvalue weighted by atomic mass is 9.80. The molecule has 4 unspecified atom stereocenters. The number of rotatable bonds is 1. The molecular weight excluding hydrogens is 188 g/mol. The largest absolute Gasteiger partial charge is 0.396 e. The Labute approximate surface area is 83.9 Å². The second-order valence-corrected chi connectivity index (χ2v) is 5.16. The van der Waals surface area contributed by atoms with E-state index in [4.69, 9.17) is 11.6 Å². The van der Waals surface area contributed by atoms with Crippen molar-refractivity contribution in [3.05, 3.63) is 0 Å². The van der Waals surface area contributed by atoms with Gasteiger partial charge in [0.1, 0.15) is 0 Å². The Balaban J connectivity index is 2.24. The van der Waals surface area contributed by atoms with Crippen LogP contribution in [-0.2, 0) is 0 Å². The molecule has 0 saturated heterocycles. The van der Waals surface area contributed by atoms with Gasteiger partial charge < -0.3 is 10.2 Å². The molecule has 0 aromatic carbocycles. The molecule has 0 heterocycles. The average Bonchev–Trinajstić information content (AvgIpc) is 2.26. The average molecular weight is 205 g/mol. The van der Waals surface area contributed by atoms with E-state index < -0.39 is 0 Å². The third-order valence-corrected chi connectivity index (χ3v) is 4.35. The smallest absolute Gasteiger partial charge is 0.0661 e. The second kappa shape index (κ2) is 3.41. The zero-order chi connectivity index (χ0) is 9.47. The normalized spacial score (nSPS) is 50.5. The van der Waals surface area contributed by atoms with Crippen molar-refractivity contribution in [3.63, 3.8) is 0 Å². The van der Waals surface area contributed by atoms with E-state index in [9.17, 15) is 10.2 Å². The van der Waals surface area contributed by atoms with Crippen molar-refractivity contribution in [2.24, 2.45) is 11.3 Å². The van der Waals surface area contributed by atoms with Gasteiger partial charge in [-0.1, -0.05) is 12.8 Å². The molecule has 0 aromatic heterocycles. The van der Waals surface area contributed by atoms with Crippen LogP contribution in [0.1, 0.15) is 32.1 Å². The lowest BCUT2D eigenvalue weighted by Gasteiger charge is -2.30. The van der Waals surface area contributed by atoms with Crippen molar-refractivity contribution in [3.8, 4) is 0 Å². The van der Waals surface area contributed by atoms with Crippen molar-refractivity contribution >= 4 is 11.6 Å². The van der Waals surface area contributed by atoms with Crippen LogP contribution in [0.4, 0.5) is 0 Å². The molecule has 76 valence electrons. The number of hydrogen-bond donors (Lipinski definition) is 2. The first-order chi connectivity index (χ1) is 6.19. The van der Waals surface area contributed by atoms with E-state index in [2.05, 4.69) is 0 Å². The van der Waals surface area contributed by atoms with Gasteiger partial charge in [-0.2, -0.15) is 0 Å². The number of alkyl halides is 1. The van der Waals surface area contributed by atoms with E-state index >= 15 is 0 Å². The van der Waals surface area contributed by atoms with E-state index in [-0.39, 0.29) is 29.4 Å². The summed E-state index contributed by atoms with van der Waals surface area (Å²) in [5.41, 5.74) is -0.270. The van der Waals surface area contributed by atoms with Crippen LogP contribution < -0.4 is 0 Å². The minimum Gasteiger partial charge on any atom is -0.396 e. The third kappa shape index (κ3) is 1.39. The van der Waals surface area contributed by atoms with Gasteiger partial charge in [0.05, 0.1) is 12.7 Å². The minimum absolute atomic E-state index is 0.0717. The lowest BCUT2D eigenvalue weighted by Crippen LogP contribution is -2.35. The Morgan fingerprint density at radius 2 is 2.15 bits per heavy atom. The summed E-state index contributed by atoms with van der Waals surface area (Å²) in [5.74, 6) is 0.219. The molecular formula is C10H17ClO2. The fourth-order valence-electron chi connectivity index (χ4n) is 3.00. The van der Waals surface area contributed by atoms with Gasteiger partial charge in [-0.3, -0.25) is 0 Å². The van der Waals surface area contributed by atoms with Crippen LogP contribution in [0.3, 0.4) is 0 Å². The Kier molecular flexibility index (Phi) is 2.56. The van der Waals surface area contributed by atoms with E-state index in [1.807, 2.05) is 0 Å². The molecule has 0 radical (unpaired) electrons. The highest BCUT2D eigenvalue weighted by atomic mass is 35.5. The summed E-state index contributed by atoms with van der Waals surface area (Å²) in [6.07, 6.45) is 4.64. The quantitative estimate of drug-likeness (QED) is 0.636. The fraction of sp³-hybridized carbons (Fsp3) is 1.00. The maximum absolute atomic E-state index is 10.1. The third-order valence-electron chi connectivity index (χ3n) is 3.88. The van der Waals surface area contributed by atoms with Gasteiger partial charge in [-0.25, -0.2) is 0 Å². The predicted octanol–water partition coefficient (Wildman–Crippen LogP) is 1.53. The number of aliphatic hydroxyl groups is 2. The topological polar surface area (TPSA) is 40.5 Å². The Bertz CT molecular complexity index is 197. The van der Waals surface area contributed by atoms with E-state index in [1.165, 1.54) is 0 Å². The Morgan fingerprint density at radius 3 is 2.85 bits per heavy atom. The number of fused-ring (bicyclic) bond motifs is 2. The lowest BCUT2D eigenvalue weighted by molar-refractivity contribution is -0.0130. The molecule has 2 aliphatic rings. The summed E-state index contributed by atoms with van der Waals surface area (Å²) >= 11 is 6.18. The van der Waals surface area contributed by atoms with Crippen LogP contribution in [-0.4, -0.2) is 28.3 Å². The summed E-state index contributed by atoms with van der Waals surface area (Å²) < 4.78 is 0. The zero-order valence-electron chi connectivity index (χ0n) is 7.75. The Hall–Kier alpha value is 0.210. The van der Waals surface area contributed by atoms with Gasteiger partial charge in [0.25, 0.3) is 0 Å². The minimum atomic E-state index is -0.373. The van der Waals surface area contributed by atoms with Crippen LogP contribution in [0.25, 0.3) is 0 Å². The van der Waals surface area contributed by atoms with E-state index in [0.717, 1.165) is 32.1 Å². The van der Waals surface area contributed by atoms with Gasteiger partial charge in [-0.05, 0) is 19.3 Å². The van der Waals surface area contributed by atoms with Crippen LogP contribution in [0.2, 0.25) is 0 Å². The summed E-state index contributed by atoms with van der Waals surface area (Å²) in [5, 5.41) is 19.5. The van der Waals surface area contributed by atoms with Gasteiger partial charge >= 0.3 is 0 Å². The fourth-order valence-corrected chi connectivity index (χ4v) is 3.57. The maximum Gasteiger partial charge on any atom is 0.0661 e. The zero-order valence-corrected chi connectivity index (χ0v) is 8.50. The first-order valence-electron chi connectivity index (χ1n) is 5.13. The molecule has 3 heteroatoms. The number of halogens is 1. The van der Waals surface area contributed by atoms with E-state index in [0.29, 0.717) is 0 Å². The van der Waals surface area contributed by atoms with E-state index in [1.54, 1.807) is 0 Å². The standard InChI is InChI=1S/C10H17ClO2/c11-8-5-10(6-12)4-2-1-3-7(8)9(10)13/h7-9,12-13H,1-6H2. The predicted molar refractivity (Wildman–Crippen MR) is 51.7 cm³/mol. The first-order valence-corrected chi connectivity index (χ1v) is 5.56. The van der Waals surface area contributed by atoms with Crippen molar-refractivity contribution in [1.82, 2.24) is 0 Å². The van der Waals surface area contributed by atoms with Crippen molar-refractivity contribution < 1.29 is 10.2 Å². The van der Waals surface area contributed by atoms with Crippen LogP contribution in [0.5, 0.6) is 0 Å². The van der Waals surface area contributed by atoms with Crippen LogP contribution in [0, 0.1) is 11.3 Å². The van der Waals surface area contributed by atoms with Crippen molar-refractivity contribution in [2.45, 2.75) is 43.6 Å². The molecule has 2 bridgehead atoms. The molecule has 2 saturated carbocycles. The van der Waals surface area contributed by atoms with Gasteiger partial charge in [-0.15, -0.1) is 11.6 Å². The summed E-state index contributed by atoms with van der Waals surface area (Å²) in [6.45, 7) is 0.0912. The molecule has 2 fully saturated rings. The van der Waals surface area contributed by atoms with Crippen LogP contribution >= 0.6 is 11.6 Å². The van der Waals surface area contributed by atoms with Gasteiger partial charge in [0.15, 0.2) is 0 Å². The SMILES string of the molecule is OCC12CCCCC(C(Cl)C1)C2O. The number of aliphatic hydroxyl groups excluding tert-OH is 2. The van der Waals surface area contributed by atoms with Gasteiger partial charge in [0.2, 0.25) is 0 Å². The summed E-state index contributed by atoms with van der Waals surface area (Å²) in [6, 6.07) is 0. The maximum atomic E-state index is 10.1. The second-order valence-electron chi connectivity index (χ2n) is 4.60. The molecule has 2 aliphatic carbocycles. The molecule has 0 aromatic rings. The summed E-state index contributed by atoms with van der Waals surface area (Å²) in [7, 11) is 0. The highest BCUT2D eigenvalue weighted by Crippen LogP contribution is 2.51. The Morgan fingerprint density at radius 1 is 1.38 bits per heavy atom. The molecule has 2 rings (SSSR count). The molecule has 2 nitrogen and oxygen atoms in total. The van der Waals surface area contributed by atoms with Crippen LogP contribution in [0.15, 0.2) is 0 Å². The first kappa shape index (κ1) is 9.75. The molecule has 0 aliphatic heterocycles. The summed E-state index contributed by atoms with van der Waals surface area (Å²) in [4.78, 5) is 0. The monoisotopic (exact) mass is 204 g/mol. The highest BCUT2D eigenvalue weighted by Gasteiger charge is 2.52. The highest BCUT2D eigenvalue weighted by molar-refractivity contribution is 6.21. The molecule has 0 spiro atoms. The van der Waals surface area contributed by atoms with Gasteiger partial charge in [0, 0.05) is 16.7 Å². The molecule has 4 atom stereocenters. The molecule has 2 N–H and O–H groups in total.